The van der Waals surface area contributed by atoms with Crippen molar-refractivity contribution in [3.63, 3.8) is 0 Å². The van der Waals surface area contributed by atoms with E-state index in [1.807, 2.05) is 13.0 Å². The quantitative estimate of drug-likeness (QED) is 0.466. The number of nitrogens with zero attached hydrogens (tertiary/aromatic N) is 1. The predicted molar refractivity (Wildman–Crippen MR) is 113 cm³/mol. The summed E-state index contributed by atoms with van der Waals surface area (Å²) in [6.45, 7) is 2.03. The number of benzene rings is 2. The number of ether oxygens (including phenoxy) is 3. The van der Waals surface area contributed by atoms with Crippen LogP contribution in [0.2, 0.25) is 5.02 Å². The molecule has 156 valence electrons. The zero-order valence-corrected chi connectivity index (χ0v) is 17.2. The lowest BCUT2D eigenvalue weighted by atomic mass is 10.1. The Balaban J connectivity index is 2.23. The molecule has 30 heavy (non-hydrogen) atoms. The predicted octanol–water partition coefficient (Wildman–Crippen LogP) is 3.16. The van der Waals surface area contributed by atoms with Gasteiger partial charge in [0.1, 0.15) is 17.4 Å². The van der Waals surface area contributed by atoms with Crippen molar-refractivity contribution in [3.05, 3.63) is 52.6 Å². The molecule has 3 N–H and O–H groups in total. The van der Waals surface area contributed by atoms with Crippen LogP contribution in [0, 0.1) is 11.3 Å². The molecule has 0 heterocycles. The Bertz CT molecular complexity index is 997. The van der Waals surface area contributed by atoms with E-state index in [9.17, 15) is 14.9 Å². The molecule has 0 saturated heterocycles. The largest absolute Gasteiger partial charge is 0.494 e. The fraction of sp³-hybridized carbons (Fsp3) is 0.190. The minimum Gasteiger partial charge on any atom is -0.494 e. The summed E-state index contributed by atoms with van der Waals surface area (Å²) in [4.78, 5) is 23.4. The van der Waals surface area contributed by atoms with Crippen LogP contribution in [-0.4, -0.2) is 32.1 Å². The molecule has 8 nitrogen and oxygen atoms in total. The van der Waals surface area contributed by atoms with Gasteiger partial charge in [-0.1, -0.05) is 11.6 Å². The summed E-state index contributed by atoms with van der Waals surface area (Å²) in [5, 5.41) is 12.2. The van der Waals surface area contributed by atoms with E-state index in [1.165, 1.54) is 25.3 Å². The first-order valence-electron chi connectivity index (χ1n) is 8.82. The van der Waals surface area contributed by atoms with E-state index in [1.54, 1.807) is 24.3 Å². The van der Waals surface area contributed by atoms with E-state index in [-0.39, 0.29) is 28.7 Å². The smallest absolute Gasteiger partial charge is 0.266 e. The van der Waals surface area contributed by atoms with Gasteiger partial charge in [0.25, 0.3) is 11.8 Å². The zero-order chi connectivity index (χ0) is 22.1. The summed E-state index contributed by atoms with van der Waals surface area (Å²) in [6, 6.07) is 11.6. The Morgan fingerprint density at radius 2 is 1.93 bits per heavy atom. The molecule has 0 aromatic heterocycles. The van der Waals surface area contributed by atoms with Gasteiger partial charge in [-0.05, 0) is 55.0 Å². The number of amides is 2. The highest BCUT2D eigenvalue weighted by atomic mass is 35.5. The summed E-state index contributed by atoms with van der Waals surface area (Å²) in [6.07, 6.45) is 1.36. The molecule has 9 heteroatoms. The maximum absolute atomic E-state index is 12.5. The van der Waals surface area contributed by atoms with Crippen LogP contribution >= 0.6 is 11.6 Å². The fourth-order valence-electron chi connectivity index (χ4n) is 2.42. The summed E-state index contributed by atoms with van der Waals surface area (Å²) >= 11 is 6.19. The molecule has 2 amide bonds. The van der Waals surface area contributed by atoms with Gasteiger partial charge in [-0.25, -0.2) is 0 Å². The van der Waals surface area contributed by atoms with Gasteiger partial charge in [-0.3, -0.25) is 9.59 Å². The van der Waals surface area contributed by atoms with Crippen LogP contribution in [0.25, 0.3) is 6.08 Å². The van der Waals surface area contributed by atoms with Crippen molar-refractivity contribution in [1.82, 2.24) is 0 Å². The van der Waals surface area contributed by atoms with Crippen molar-refractivity contribution in [1.29, 1.82) is 5.26 Å². The number of anilines is 1. The summed E-state index contributed by atoms with van der Waals surface area (Å²) in [5.74, 6) is -0.237. The molecule has 2 rings (SSSR count). The van der Waals surface area contributed by atoms with Gasteiger partial charge in [0.15, 0.2) is 18.1 Å². The monoisotopic (exact) mass is 429 g/mol. The Morgan fingerprint density at radius 3 is 2.50 bits per heavy atom. The van der Waals surface area contributed by atoms with Gasteiger partial charge in [0.05, 0.1) is 18.7 Å². The van der Waals surface area contributed by atoms with Gasteiger partial charge >= 0.3 is 0 Å². The first kappa shape index (κ1) is 22.6. The minimum absolute atomic E-state index is 0.131. The summed E-state index contributed by atoms with van der Waals surface area (Å²) in [5.41, 5.74) is 5.87. The number of carbonyl (C=O) groups excluding carboxylic acids is 2. The number of rotatable bonds is 9. The summed E-state index contributed by atoms with van der Waals surface area (Å²) in [7, 11) is 1.39. The Kier molecular flexibility index (Phi) is 8.08. The van der Waals surface area contributed by atoms with E-state index in [0.717, 1.165) is 0 Å². The second-order valence-electron chi connectivity index (χ2n) is 5.87. The van der Waals surface area contributed by atoms with Crippen LogP contribution in [0.3, 0.4) is 0 Å². The van der Waals surface area contributed by atoms with Crippen molar-refractivity contribution in [2.24, 2.45) is 5.73 Å². The Hall–Kier alpha value is -3.70. The van der Waals surface area contributed by atoms with Gasteiger partial charge in [0, 0.05) is 5.69 Å². The van der Waals surface area contributed by atoms with Crippen LogP contribution in [0.1, 0.15) is 12.5 Å². The standard InChI is InChI=1S/C21H20ClN3O5/c1-3-29-16-6-4-15(5-7-16)25-21(27)14(11-23)8-13-9-17(22)20(18(10-13)28-2)30-12-19(24)26/h4-10H,3,12H2,1-2H3,(H2,24,26)(H,25,27)/b14-8+. The number of hydrogen-bond donors (Lipinski definition) is 2. The molecule has 0 fully saturated rings. The molecule has 0 atom stereocenters. The zero-order valence-electron chi connectivity index (χ0n) is 16.4. The summed E-state index contributed by atoms with van der Waals surface area (Å²) < 4.78 is 15.8. The second kappa shape index (κ2) is 10.7. The number of hydrogen-bond acceptors (Lipinski definition) is 6. The lowest BCUT2D eigenvalue weighted by Gasteiger charge is -2.12. The third-order valence-electron chi connectivity index (χ3n) is 3.71. The number of methoxy groups -OCH3 is 1. The number of nitrogens with one attached hydrogen (secondary N) is 1. The number of halogens is 1. The van der Waals surface area contributed by atoms with E-state index in [0.29, 0.717) is 23.6 Å². The third-order valence-corrected chi connectivity index (χ3v) is 3.99. The third kappa shape index (κ3) is 6.15. The fourth-order valence-corrected chi connectivity index (χ4v) is 2.70. The van der Waals surface area contributed by atoms with E-state index in [4.69, 9.17) is 31.5 Å². The molecule has 0 aliphatic carbocycles. The maximum atomic E-state index is 12.5. The number of nitriles is 1. The molecule has 0 aliphatic rings. The topological polar surface area (TPSA) is 124 Å². The lowest BCUT2D eigenvalue weighted by molar-refractivity contribution is -0.120. The van der Waals surface area contributed by atoms with Crippen molar-refractivity contribution < 1.29 is 23.8 Å². The van der Waals surface area contributed by atoms with E-state index in [2.05, 4.69) is 5.32 Å². The van der Waals surface area contributed by atoms with Crippen LogP contribution in [0.15, 0.2) is 42.0 Å². The number of primary amides is 1. The molecule has 0 unspecified atom stereocenters. The molecule has 0 aliphatic heterocycles. The van der Waals surface area contributed by atoms with Crippen LogP contribution in [-0.2, 0) is 9.59 Å². The average molecular weight is 430 g/mol. The Morgan fingerprint density at radius 1 is 1.23 bits per heavy atom. The first-order valence-corrected chi connectivity index (χ1v) is 9.20. The molecule has 0 spiro atoms. The van der Waals surface area contributed by atoms with Gasteiger partial charge in [-0.2, -0.15) is 5.26 Å². The molecule has 2 aromatic rings. The van der Waals surface area contributed by atoms with Crippen molar-refractivity contribution in [2.75, 3.05) is 25.6 Å². The van der Waals surface area contributed by atoms with Crippen LogP contribution in [0.4, 0.5) is 5.69 Å². The first-order chi connectivity index (χ1) is 14.4. The van der Waals surface area contributed by atoms with E-state index >= 15 is 0 Å². The van der Waals surface area contributed by atoms with Gasteiger partial charge in [-0.15, -0.1) is 0 Å². The normalized spacial score (nSPS) is 10.7. The second-order valence-corrected chi connectivity index (χ2v) is 6.28. The lowest BCUT2D eigenvalue weighted by Crippen LogP contribution is -2.20. The maximum Gasteiger partial charge on any atom is 0.266 e. The number of nitrogens with two attached hydrogens (primary N) is 1. The van der Waals surface area contributed by atoms with Crippen molar-refractivity contribution >= 4 is 35.2 Å². The number of carbonyl (C=O) groups is 2. The molecular weight excluding hydrogens is 410 g/mol. The highest BCUT2D eigenvalue weighted by molar-refractivity contribution is 6.32. The molecule has 2 aromatic carbocycles. The van der Waals surface area contributed by atoms with Crippen molar-refractivity contribution in [2.45, 2.75) is 6.92 Å². The highest BCUT2D eigenvalue weighted by Crippen LogP contribution is 2.37. The molecule has 0 bridgehead atoms. The van der Waals surface area contributed by atoms with Crippen LogP contribution < -0.4 is 25.3 Å². The van der Waals surface area contributed by atoms with Gasteiger partial charge < -0.3 is 25.3 Å². The molecule has 0 saturated carbocycles. The molecule has 0 radical (unpaired) electrons. The SMILES string of the molecule is CCOc1ccc(NC(=O)/C(C#N)=C/c2cc(Cl)c(OCC(N)=O)c(OC)c2)cc1. The molecular formula is C21H20ClN3O5. The average Bonchev–Trinajstić information content (AvgIpc) is 2.72. The van der Waals surface area contributed by atoms with E-state index < -0.39 is 11.8 Å². The Labute approximate surface area is 178 Å². The highest BCUT2D eigenvalue weighted by Gasteiger charge is 2.15. The van der Waals surface area contributed by atoms with Crippen LogP contribution in [0.5, 0.6) is 17.2 Å². The van der Waals surface area contributed by atoms with Gasteiger partial charge in [0.2, 0.25) is 0 Å². The minimum atomic E-state index is -0.671. The van der Waals surface area contributed by atoms with Crippen molar-refractivity contribution in [3.8, 4) is 23.3 Å².